The number of aryl methyl sites for hydroxylation is 1. The van der Waals surface area contributed by atoms with Crippen LogP contribution in [0.15, 0.2) is 36.4 Å². The van der Waals surface area contributed by atoms with E-state index in [4.69, 9.17) is 34.8 Å². The van der Waals surface area contributed by atoms with E-state index in [1.54, 1.807) is 37.3 Å². The molecule has 2 aromatic carbocycles. The third-order valence-electron chi connectivity index (χ3n) is 3.71. The normalized spacial score (nSPS) is 12.5. The molecule has 5 nitrogen and oxygen atoms in total. The van der Waals surface area contributed by atoms with E-state index in [0.29, 0.717) is 22.0 Å². The second kappa shape index (κ2) is 8.05. The summed E-state index contributed by atoms with van der Waals surface area (Å²) in [6.45, 7) is 3.22. The van der Waals surface area contributed by atoms with Gasteiger partial charge < -0.3 is 5.32 Å². The third-order valence-corrected chi connectivity index (χ3v) is 5.99. The van der Waals surface area contributed by atoms with Crippen LogP contribution in [0.5, 0.6) is 0 Å². The number of rotatable bonds is 5. The molecule has 0 aliphatic carbocycles. The number of halogens is 3. The van der Waals surface area contributed by atoms with Crippen molar-refractivity contribution in [1.82, 2.24) is 0 Å². The molecule has 1 atom stereocenters. The third kappa shape index (κ3) is 4.62. The van der Waals surface area contributed by atoms with Crippen molar-refractivity contribution in [2.75, 3.05) is 15.9 Å². The summed E-state index contributed by atoms with van der Waals surface area (Å²) >= 11 is 18.0. The predicted molar refractivity (Wildman–Crippen MR) is 108 cm³/mol. The molecule has 0 aromatic heterocycles. The first-order valence-electron chi connectivity index (χ1n) is 7.53. The lowest BCUT2D eigenvalue weighted by Crippen LogP contribution is -2.45. The van der Waals surface area contributed by atoms with E-state index in [9.17, 15) is 13.2 Å². The summed E-state index contributed by atoms with van der Waals surface area (Å²) in [6.07, 6.45) is 1.03. The summed E-state index contributed by atoms with van der Waals surface area (Å²) in [5, 5.41) is 3.44. The Morgan fingerprint density at radius 2 is 1.81 bits per heavy atom. The van der Waals surface area contributed by atoms with Crippen LogP contribution in [-0.4, -0.2) is 26.6 Å². The van der Waals surface area contributed by atoms with Gasteiger partial charge in [-0.05, 0) is 43.7 Å². The SMILES string of the molecule is Cc1ccc(Cl)cc1N([C@@H](C)C(=O)Nc1cccc(Cl)c1Cl)S(C)(=O)=O. The van der Waals surface area contributed by atoms with Crippen molar-refractivity contribution in [3.05, 3.63) is 57.0 Å². The summed E-state index contributed by atoms with van der Waals surface area (Å²) < 4.78 is 25.8. The molecule has 0 fully saturated rings. The highest BCUT2D eigenvalue weighted by molar-refractivity contribution is 7.92. The Morgan fingerprint density at radius 1 is 1.15 bits per heavy atom. The van der Waals surface area contributed by atoms with E-state index < -0.39 is 22.0 Å². The highest BCUT2D eigenvalue weighted by atomic mass is 35.5. The Balaban J connectivity index is 2.41. The number of benzene rings is 2. The monoisotopic (exact) mass is 434 g/mol. The minimum absolute atomic E-state index is 0.180. The zero-order valence-corrected chi connectivity index (χ0v) is 17.3. The number of hydrogen-bond acceptors (Lipinski definition) is 3. The van der Waals surface area contributed by atoms with Crippen molar-refractivity contribution in [2.45, 2.75) is 19.9 Å². The van der Waals surface area contributed by atoms with Gasteiger partial charge >= 0.3 is 0 Å². The van der Waals surface area contributed by atoms with Gasteiger partial charge in [0.25, 0.3) is 0 Å². The minimum Gasteiger partial charge on any atom is -0.323 e. The van der Waals surface area contributed by atoms with Crippen molar-refractivity contribution < 1.29 is 13.2 Å². The molecule has 1 N–H and O–H groups in total. The van der Waals surface area contributed by atoms with Gasteiger partial charge in [0.05, 0.1) is 27.7 Å². The van der Waals surface area contributed by atoms with Gasteiger partial charge in [0.1, 0.15) is 6.04 Å². The smallest absolute Gasteiger partial charge is 0.248 e. The van der Waals surface area contributed by atoms with Crippen LogP contribution >= 0.6 is 34.8 Å². The Kier molecular flexibility index (Phi) is 6.45. The molecule has 9 heteroatoms. The molecular formula is C17H17Cl3N2O3S. The molecule has 0 saturated heterocycles. The van der Waals surface area contributed by atoms with Crippen molar-refractivity contribution in [2.24, 2.45) is 0 Å². The van der Waals surface area contributed by atoms with Crippen LogP contribution in [0, 0.1) is 6.92 Å². The number of nitrogens with zero attached hydrogens (tertiary/aromatic N) is 1. The molecule has 0 bridgehead atoms. The standard InChI is InChI=1S/C17H17Cl3N2O3S/c1-10-7-8-12(18)9-15(10)22(26(3,24)25)11(2)17(23)21-14-6-4-5-13(19)16(14)20/h4-9,11H,1-3H3,(H,21,23)/t11-/m0/s1. The lowest BCUT2D eigenvalue weighted by Gasteiger charge is -2.29. The van der Waals surface area contributed by atoms with Crippen molar-refractivity contribution in [1.29, 1.82) is 0 Å². The topological polar surface area (TPSA) is 66.5 Å². The van der Waals surface area contributed by atoms with Gasteiger partial charge in [0.15, 0.2) is 0 Å². The van der Waals surface area contributed by atoms with Crippen LogP contribution in [0.2, 0.25) is 15.1 Å². The predicted octanol–water partition coefficient (Wildman–Crippen LogP) is 4.75. The van der Waals surface area contributed by atoms with Crippen LogP contribution in [0.1, 0.15) is 12.5 Å². The first-order valence-corrected chi connectivity index (χ1v) is 10.5. The van der Waals surface area contributed by atoms with Gasteiger partial charge in [0, 0.05) is 5.02 Å². The lowest BCUT2D eigenvalue weighted by molar-refractivity contribution is -0.116. The number of carbonyl (C=O) groups excluding carboxylic acids is 1. The van der Waals surface area contributed by atoms with Gasteiger partial charge in [-0.25, -0.2) is 8.42 Å². The number of carbonyl (C=O) groups is 1. The second-order valence-corrected chi connectivity index (χ2v) is 8.84. The Labute approximate surface area is 167 Å². The number of nitrogens with one attached hydrogen (secondary N) is 1. The fourth-order valence-electron chi connectivity index (χ4n) is 2.44. The van der Waals surface area contributed by atoms with Gasteiger partial charge in [-0.3, -0.25) is 9.10 Å². The molecule has 0 aliphatic heterocycles. The fourth-order valence-corrected chi connectivity index (χ4v) is 4.18. The Bertz CT molecular complexity index is 948. The van der Waals surface area contributed by atoms with E-state index in [1.165, 1.54) is 13.0 Å². The summed E-state index contributed by atoms with van der Waals surface area (Å²) in [5.41, 5.74) is 1.30. The Morgan fingerprint density at radius 3 is 2.42 bits per heavy atom. The van der Waals surface area contributed by atoms with Crippen LogP contribution in [0.3, 0.4) is 0 Å². The first-order chi connectivity index (χ1) is 12.0. The number of amides is 1. The quantitative estimate of drug-likeness (QED) is 0.737. The van der Waals surface area contributed by atoms with Crippen molar-refractivity contribution in [3.8, 4) is 0 Å². The van der Waals surface area contributed by atoms with Gasteiger partial charge in [-0.2, -0.15) is 0 Å². The summed E-state index contributed by atoms with van der Waals surface area (Å²) in [6, 6.07) is 8.59. The van der Waals surface area contributed by atoms with E-state index >= 15 is 0 Å². The van der Waals surface area contributed by atoms with Crippen LogP contribution in [0.4, 0.5) is 11.4 Å². The highest BCUT2D eigenvalue weighted by Crippen LogP contribution is 2.31. The first kappa shape index (κ1) is 20.8. The molecule has 26 heavy (non-hydrogen) atoms. The van der Waals surface area contributed by atoms with Crippen LogP contribution in [-0.2, 0) is 14.8 Å². The zero-order valence-electron chi connectivity index (χ0n) is 14.3. The molecule has 0 unspecified atom stereocenters. The van der Waals surface area contributed by atoms with E-state index in [1.807, 2.05) is 0 Å². The molecular weight excluding hydrogens is 419 g/mol. The number of sulfonamides is 1. The average molecular weight is 436 g/mol. The lowest BCUT2D eigenvalue weighted by atomic mass is 10.1. The molecule has 140 valence electrons. The number of anilines is 2. The molecule has 1 amide bonds. The summed E-state index contributed by atoms with van der Waals surface area (Å²) in [5.74, 6) is -0.557. The molecule has 0 radical (unpaired) electrons. The maximum absolute atomic E-state index is 12.7. The fraction of sp³-hybridized carbons (Fsp3) is 0.235. The maximum atomic E-state index is 12.7. The highest BCUT2D eigenvalue weighted by Gasteiger charge is 2.30. The number of hydrogen-bond donors (Lipinski definition) is 1. The summed E-state index contributed by atoms with van der Waals surface area (Å²) in [4.78, 5) is 12.7. The molecule has 2 rings (SSSR count). The molecule has 0 heterocycles. The largest absolute Gasteiger partial charge is 0.323 e. The van der Waals surface area contributed by atoms with E-state index in [2.05, 4.69) is 5.32 Å². The van der Waals surface area contributed by atoms with Crippen LogP contribution < -0.4 is 9.62 Å². The van der Waals surface area contributed by atoms with Gasteiger partial charge in [-0.1, -0.05) is 46.9 Å². The molecule has 2 aromatic rings. The van der Waals surface area contributed by atoms with E-state index in [-0.39, 0.29) is 10.0 Å². The molecule has 0 saturated carbocycles. The van der Waals surface area contributed by atoms with Crippen LogP contribution in [0.25, 0.3) is 0 Å². The summed E-state index contributed by atoms with van der Waals surface area (Å²) in [7, 11) is -3.76. The van der Waals surface area contributed by atoms with Gasteiger partial charge in [-0.15, -0.1) is 0 Å². The van der Waals surface area contributed by atoms with Gasteiger partial charge in [0.2, 0.25) is 15.9 Å². The maximum Gasteiger partial charge on any atom is 0.248 e. The van der Waals surface area contributed by atoms with Crippen molar-refractivity contribution in [3.63, 3.8) is 0 Å². The minimum atomic E-state index is -3.76. The average Bonchev–Trinajstić information content (AvgIpc) is 2.54. The van der Waals surface area contributed by atoms with Crippen molar-refractivity contribution >= 4 is 62.1 Å². The molecule has 0 aliphatic rings. The zero-order chi connectivity index (χ0) is 19.6. The Hall–Kier alpha value is -1.47. The van der Waals surface area contributed by atoms with E-state index in [0.717, 1.165) is 10.6 Å². The molecule has 0 spiro atoms. The second-order valence-electron chi connectivity index (χ2n) is 5.76.